The topological polar surface area (TPSA) is 15.8 Å². The van der Waals surface area contributed by atoms with Crippen LogP contribution in [0.3, 0.4) is 0 Å². The third-order valence-corrected chi connectivity index (χ3v) is 3.71. The highest BCUT2D eigenvalue weighted by atomic mass is 14.7. The highest BCUT2D eigenvalue weighted by molar-refractivity contribution is 5.84. The average Bonchev–Trinajstić information content (AvgIpc) is 2.73. The Morgan fingerprint density at radius 2 is 2.06 bits per heavy atom. The first-order valence-corrected chi connectivity index (χ1v) is 6.83. The van der Waals surface area contributed by atoms with Crippen molar-refractivity contribution in [2.75, 3.05) is 0 Å². The van der Waals surface area contributed by atoms with Crippen LogP contribution in [0.2, 0.25) is 0 Å². The smallest absolute Gasteiger partial charge is 0.0457 e. The van der Waals surface area contributed by atoms with Crippen molar-refractivity contribution >= 4 is 10.9 Å². The Kier molecular flexibility index (Phi) is 3.88. The van der Waals surface area contributed by atoms with Gasteiger partial charge in [-0.1, -0.05) is 38.3 Å². The molecule has 1 nitrogen and oxygen atoms in total. The third-order valence-electron chi connectivity index (χ3n) is 3.71. The van der Waals surface area contributed by atoms with Crippen molar-refractivity contribution in [1.29, 1.82) is 0 Å². The zero-order valence-electron chi connectivity index (χ0n) is 11.2. The maximum atomic E-state index is 3.41. The number of unbranched alkanes of at least 4 members (excludes halogenated alkanes) is 1. The molecule has 1 unspecified atom stereocenters. The summed E-state index contributed by atoms with van der Waals surface area (Å²) in [6.45, 7) is 6.74. The van der Waals surface area contributed by atoms with E-state index in [4.69, 9.17) is 0 Å². The lowest BCUT2D eigenvalue weighted by molar-refractivity contribution is 0.573. The summed E-state index contributed by atoms with van der Waals surface area (Å²) < 4.78 is 0. The second-order valence-corrected chi connectivity index (χ2v) is 5.04. The Labute approximate surface area is 104 Å². The van der Waals surface area contributed by atoms with Crippen molar-refractivity contribution in [3.05, 3.63) is 35.5 Å². The Balaban J connectivity index is 2.35. The van der Waals surface area contributed by atoms with Gasteiger partial charge in [-0.25, -0.2) is 0 Å². The molecule has 2 aromatic rings. The molecule has 0 radical (unpaired) electrons. The number of hydrogen-bond acceptors (Lipinski definition) is 0. The quantitative estimate of drug-likeness (QED) is 0.729. The van der Waals surface area contributed by atoms with E-state index in [1.54, 1.807) is 0 Å². The van der Waals surface area contributed by atoms with Crippen LogP contribution in [0.1, 0.15) is 56.6 Å². The van der Waals surface area contributed by atoms with Crippen LogP contribution in [0.15, 0.2) is 24.4 Å². The van der Waals surface area contributed by atoms with Crippen molar-refractivity contribution in [3.63, 3.8) is 0 Å². The first-order chi connectivity index (χ1) is 8.26. The number of rotatable bonds is 5. The van der Waals surface area contributed by atoms with Gasteiger partial charge in [-0.2, -0.15) is 0 Å². The molecule has 1 heteroatoms. The van der Waals surface area contributed by atoms with Crippen molar-refractivity contribution in [1.82, 2.24) is 4.98 Å². The van der Waals surface area contributed by atoms with Gasteiger partial charge in [0.25, 0.3) is 0 Å². The maximum absolute atomic E-state index is 3.41. The molecule has 92 valence electrons. The van der Waals surface area contributed by atoms with E-state index >= 15 is 0 Å². The second kappa shape index (κ2) is 5.39. The molecule has 0 aliphatic heterocycles. The van der Waals surface area contributed by atoms with Crippen LogP contribution in [-0.4, -0.2) is 4.98 Å². The minimum absolute atomic E-state index is 0.713. The van der Waals surface area contributed by atoms with Gasteiger partial charge in [0, 0.05) is 17.1 Å². The van der Waals surface area contributed by atoms with Crippen LogP contribution >= 0.6 is 0 Å². The fourth-order valence-corrected chi connectivity index (χ4v) is 2.62. The SMILES string of the molecule is CCCCC(CC)c1c[nH]c2ccc(C)cc12. The first kappa shape index (κ1) is 12.2. The summed E-state index contributed by atoms with van der Waals surface area (Å²) in [7, 11) is 0. The van der Waals surface area contributed by atoms with Crippen LogP contribution in [0, 0.1) is 6.92 Å². The van der Waals surface area contributed by atoms with Gasteiger partial charge >= 0.3 is 0 Å². The summed E-state index contributed by atoms with van der Waals surface area (Å²) in [6, 6.07) is 6.69. The molecular weight excluding hydrogens is 206 g/mol. The van der Waals surface area contributed by atoms with E-state index in [1.807, 2.05) is 0 Å². The Bertz CT molecular complexity index is 481. The van der Waals surface area contributed by atoms with Crippen molar-refractivity contribution in [2.24, 2.45) is 0 Å². The van der Waals surface area contributed by atoms with Gasteiger partial charge in [0.2, 0.25) is 0 Å². The van der Waals surface area contributed by atoms with E-state index in [0.717, 1.165) is 0 Å². The van der Waals surface area contributed by atoms with E-state index in [-0.39, 0.29) is 0 Å². The zero-order chi connectivity index (χ0) is 12.3. The lowest BCUT2D eigenvalue weighted by Gasteiger charge is -2.13. The second-order valence-electron chi connectivity index (χ2n) is 5.04. The molecule has 17 heavy (non-hydrogen) atoms. The average molecular weight is 229 g/mol. The largest absolute Gasteiger partial charge is 0.361 e. The molecule has 0 aliphatic carbocycles. The van der Waals surface area contributed by atoms with Crippen LogP contribution in [0.25, 0.3) is 10.9 Å². The number of aromatic amines is 1. The van der Waals surface area contributed by atoms with E-state index in [0.29, 0.717) is 5.92 Å². The summed E-state index contributed by atoms with van der Waals surface area (Å²) in [5.74, 6) is 0.713. The molecule has 1 N–H and O–H groups in total. The molecule has 0 amide bonds. The van der Waals surface area contributed by atoms with Crippen LogP contribution in [0.5, 0.6) is 0 Å². The molecule has 1 aromatic heterocycles. The van der Waals surface area contributed by atoms with Crippen molar-refractivity contribution < 1.29 is 0 Å². The molecule has 0 bridgehead atoms. The fourth-order valence-electron chi connectivity index (χ4n) is 2.62. The van der Waals surface area contributed by atoms with Gasteiger partial charge < -0.3 is 4.98 Å². The Morgan fingerprint density at radius 3 is 2.76 bits per heavy atom. The van der Waals surface area contributed by atoms with Gasteiger partial charge in [0.05, 0.1) is 0 Å². The third kappa shape index (κ3) is 2.54. The van der Waals surface area contributed by atoms with Gasteiger partial charge in [0.1, 0.15) is 0 Å². The van der Waals surface area contributed by atoms with Gasteiger partial charge in [-0.05, 0) is 43.4 Å². The molecule has 1 heterocycles. The molecule has 0 spiro atoms. The number of hydrogen-bond donors (Lipinski definition) is 1. The highest BCUT2D eigenvalue weighted by Gasteiger charge is 2.13. The van der Waals surface area contributed by atoms with E-state index in [2.05, 4.69) is 50.2 Å². The standard InChI is InChI=1S/C16H23N/c1-4-6-7-13(5-2)15-11-17-16-9-8-12(3)10-14(15)16/h8-11,13,17H,4-7H2,1-3H3. The number of aryl methyl sites for hydroxylation is 1. The molecule has 0 saturated carbocycles. The number of benzene rings is 1. The van der Waals surface area contributed by atoms with E-state index in [1.165, 1.54) is 47.7 Å². The number of nitrogens with one attached hydrogen (secondary N) is 1. The van der Waals surface area contributed by atoms with Crippen molar-refractivity contribution in [3.8, 4) is 0 Å². The maximum Gasteiger partial charge on any atom is 0.0457 e. The summed E-state index contributed by atoms with van der Waals surface area (Å²) >= 11 is 0. The summed E-state index contributed by atoms with van der Waals surface area (Å²) in [5.41, 5.74) is 4.14. The normalized spacial score (nSPS) is 13.1. The van der Waals surface area contributed by atoms with Gasteiger partial charge in [0.15, 0.2) is 0 Å². The van der Waals surface area contributed by atoms with Crippen LogP contribution < -0.4 is 0 Å². The van der Waals surface area contributed by atoms with E-state index < -0.39 is 0 Å². The lowest BCUT2D eigenvalue weighted by Crippen LogP contribution is -1.96. The summed E-state index contributed by atoms with van der Waals surface area (Å²) in [4.78, 5) is 3.41. The van der Waals surface area contributed by atoms with Crippen LogP contribution in [-0.2, 0) is 0 Å². The fraction of sp³-hybridized carbons (Fsp3) is 0.500. The minimum Gasteiger partial charge on any atom is -0.361 e. The molecule has 1 atom stereocenters. The predicted molar refractivity (Wildman–Crippen MR) is 75.6 cm³/mol. The monoisotopic (exact) mass is 229 g/mol. The first-order valence-electron chi connectivity index (χ1n) is 6.83. The Hall–Kier alpha value is -1.24. The lowest BCUT2D eigenvalue weighted by atomic mass is 9.91. The molecule has 0 saturated heterocycles. The molecule has 0 fully saturated rings. The Morgan fingerprint density at radius 1 is 1.24 bits per heavy atom. The van der Waals surface area contributed by atoms with Gasteiger partial charge in [-0.15, -0.1) is 0 Å². The predicted octanol–water partition coefficient (Wildman–Crippen LogP) is 5.16. The van der Waals surface area contributed by atoms with Crippen LogP contribution in [0.4, 0.5) is 0 Å². The molecule has 0 aliphatic rings. The summed E-state index contributed by atoms with van der Waals surface area (Å²) in [5, 5.41) is 1.42. The number of fused-ring (bicyclic) bond motifs is 1. The van der Waals surface area contributed by atoms with Crippen molar-refractivity contribution in [2.45, 2.75) is 52.4 Å². The summed E-state index contributed by atoms with van der Waals surface area (Å²) in [6.07, 6.45) is 7.39. The van der Waals surface area contributed by atoms with Gasteiger partial charge in [-0.3, -0.25) is 0 Å². The molecule has 1 aromatic carbocycles. The minimum atomic E-state index is 0.713. The zero-order valence-corrected chi connectivity index (χ0v) is 11.2. The van der Waals surface area contributed by atoms with E-state index in [9.17, 15) is 0 Å². The molecular formula is C16H23N. The number of aromatic nitrogens is 1. The number of H-pyrrole nitrogens is 1. The molecule has 2 rings (SSSR count). The highest BCUT2D eigenvalue weighted by Crippen LogP contribution is 2.31.